The third-order valence-corrected chi connectivity index (χ3v) is 4.06. The highest BCUT2D eigenvalue weighted by Gasteiger charge is 2.28. The van der Waals surface area contributed by atoms with Crippen LogP contribution in [0.25, 0.3) is 0 Å². The molecule has 7 heteroatoms. The molecule has 1 saturated carbocycles. The van der Waals surface area contributed by atoms with Crippen molar-refractivity contribution in [2.45, 2.75) is 24.0 Å². The number of Topliss-reactive ketones (excluding diaryl/α,β-unsaturated/α-hetero) is 1. The molecular weight excluding hydrogens is 278 g/mol. The summed E-state index contributed by atoms with van der Waals surface area (Å²) in [6, 6.07) is 6.35. The van der Waals surface area contributed by atoms with Gasteiger partial charge in [-0.3, -0.25) is 9.36 Å². The molecular formula is C13H13N3O3S. The topological polar surface area (TPSA) is 88.0 Å². The van der Waals surface area contributed by atoms with Crippen molar-refractivity contribution in [2.24, 2.45) is 0 Å². The van der Waals surface area contributed by atoms with Crippen LogP contribution in [0, 0.1) is 0 Å². The molecule has 0 amide bonds. The van der Waals surface area contributed by atoms with Gasteiger partial charge in [0, 0.05) is 11.6 Å². The summed E-state index contributed by atoms with van der Waals surface area (Å²) in [5.41, 5.74) is 0.318. The fourth-order valence-corrected chi connectivity index (χ4v) is 2.82. The molecule has 0 spiro atoms. The molecule has 0 atom stereocenters. The Bertz CT molecular complexity index is 686. The number of rotatable bonds is 5. The van der Waals surface area contributed by atoms with Crippen molar-refractivity contribution in [3.63, 3.8) is 0 Å². The maximum Gasteiger partial charge on any atom is 0.344 e. The number of ketones is 1. The van der Waals surface area contributed by atoms with Crippen molar-refractivity contribution in [1.29, 1.82) is 0 Å². The third-order valence-electron chi connectivity index (χ3n) is 3.11. The molecule has 1 aromatic carbocycles. The highest BCUT2D eigenvalue weighted by molar-refractivity contribution is 7.99. The summed E-state index contributed by atoms with van der Waals surface area (Å²) in [7, 11) is 0. The van der Waals surface area contributed by atoms with Crippen LogP contribution in [0.3, 0.4) is 0 Å². The SMILES string of the molecule is O=C(CSc1n[nH]c(=O)n1C1CC1)c1ccc(O)cc1. The number of H-pyrrole nitrogens is 1. The Morgan fingerprint density at radius 1 is 1.40 bits per heavy atom. The first-order valence-electron chi connectivity index (χ1n) is 6.27. The van der Waals surface area contributed by atoms with Crippen molar-refractivity contribution in [3.05, 3.63) is 40.3 Å². The van der Waals surface area contributed by atoms with Crippen LogP contribution in [-0.4, -0.2) is 31.4 Å². The molecule has 20 heavy (non-hydrogen) atoms. The minimum atomic E-state index is -0.216. The Hall–Kier alpha value is -2.02. The number of hydrogen-bond donors (Lipinski definition) is 2. The van der Waals surface area contributed by atoms with Gasteiger partial charge in [-0.05, 0) is 37.1 Å². The van der Waals surface area contributed by atoms with Crippen molar-refractivity contribution in [2.75, 3.05) is 5.75 Å². The zero-order chi connectivity index (χ0) is 14.1. The van der Waals surface area contributed by atoms with Crippen LogP contribution in [0.5, 0.6) is 5.75 Å². The van der Waals surface area contributed by atoms with E-state index < -0.39 is 0 Å². The largest absolute Gasteiger partial charge is 0.508 e. The van der Waals surface area contributed by atoms with E-state index in [1.807, 2.05) is 0 Å². The highest BCUT2D eigenvalue weighted by Crippen LogP contribution is 2.36. The molecule has 0 saturated heterocycles. The predicted octanol–water partition coefficient (Wildman–Crippen LogP) is 1.59. The van der Waals surface area contributed by atoms with Crippen molar-refractivity contribution >= 4 is 17.5 Å². The van der Waals surface area contributed by atoms with Gasteiger partial charge in [-0.25, -0.2) is 9.89 Å². The van der Waals surface area contributed by atoms with E-state index in [9.17, 15) is 14.7 Å². The second-order valence-corrected chi connectivity index (χ2v) is 5.61. The standard InChI is InChI=1S/C13H13N3O3S/c17-10-5-1-8(2-6-10)11(18)7-20-13-15-14-12(19)16(13)9-3-4-9/h1-2,5-6,9,17H,3-4,7H2,(H,14,19). The van der Waals surface area contributed by atoms with Crippen LogP contribution in [0.1, 0.15) is 29.2 Å². The Labute approximate surface area is 118 Å². The van der Waals surface area contributed by atoms with Crippen molar-refractivity contribution in [3.8, 4) is 5.75 Å². The van der Waals surface area contributed by atoms with E-state index in [-0.39, 0.29) is 29.0 Å². The Morgan fingerprint density at radius 3 is 2.75 bits per heavy atom. The van der Waals surface area contributed by atoms with Gasteiger partial charge in [-0.15, -0.1) is 5.10 Å². The number of aromatic amines is 1. The smallest absolute Gasteiger partial charge is 0.344 e. The maximum absolute atomic E-state index is 12.0. The van der Waals surface area contributed by atoms with Crippen LogP contribution in [-0.2, 0) is 0 Å². The number of aromatic nitrogens is 3. The van der Waals surface area contributed by atoms with Gasteiger partial charge in [0.05, 0.1) is 5.75 Å². The molecule has 1 fully saturated rings. The Morgan fingerprint density at radius 2 is 2.10 bits per heavy atom. The zero-order valence-electron chi connectivity index (χ0n) is 10.6. The van der Waals surface area contributed by atoms with Gasteiger partial charge < -0.3 is 5.11 Å². The number of carbonyl (C=O) groups excluding carboxylic acids is 1. The van der Waals surface area contributed by atoms with Gasteiger partial charge in [0.2, 0.25) is 0 Å². The summed E-state index contributed by atoms with van der Waals surface area (Å²) in [4.78, 5) is 23.6. The van der Waals surface area contributed by atoms with Gasteiger partial charge >= 0.3 is 5.69 Å². The van der Waals surface area contributed by atoms with Gasteiger partial charge in [-0.2, -0.15) is 0 Å². The monoisotopic (exact) mass is 291 g/mol. The van der Waals surface area contributed by atoms with E-state index in [1.54, 1.807) is 16.7 Å². The number of carbonyl (C=O) groups is 1. The van der Waals surface area contributed by atoms with E-state index in [0.717, 1.165) is 12.8 Å². The van der Waals surface area contributed by atoms with Gasteiger partial charge in [0.15, 0.2) is 10.9 Å². The number of phenolic OH excluding ortho intramolecular Hbond substituents is 1. The molecule has 0 radical (unpaired) electrons. The quantitative estimate of drug-likeness (QED) is 0.645. The molecule has 0 bridgehead atoms. The van der Waals surface area contributed by atoms with Gasteiger partial charge in [0.25, 0.3) is 0 Å². The summed E-state index contributed by atoms with van der Waals surface area (Å²) >= 11 is 1.25. The molecule has 0 unspecified atom stereocenters. The number of aromatic hydroxyl groups is 1. The molecule has 1 heterocycles. The van der Waals surface area contributed by atoms with E-state index in [1.165, 1.54) is 23.9 Å². The number of nitrogens with zero attached hydrogens (tertiary/aromatic N) is 2. The first-order valence-corrected chi connectivity index (χ1v) is 7.25. The average Bonchev–Trinajstić information content (AvgIpc) is 3.21. The van der Waals surface area contributed by atoms with Crippen LogP contribution >= 0.6 is 11.8 Å². The second-order valence-electron chi connectivity index (χ2n) is 4.67. The highest BCUT2D eigenvalue weighted by atomic mass is 32.2. The average molecular weight is 291 g/mol. The van der Waals surface area contributed by atoms with E-state index in [4.69, 9.17) is 0 Å². The third kappa shape index (κ3) is 2.62. The van der Waals surface area contributed by atoms with Crippen molar-refractivity contribution < 1.29 is 9.90 Å². The number of hydrogen-bond acceptors (Lipinski definition) is 5. The van der Waals surface area contributed by atoms with Crippen LogP contribution in [0.4, 0.5) is 0 Å². The van der Waals surface area contributed by atoms with Crippen LogP contribution in [0.15, 0.2) is 34.2 Å². The minimum absolute atomic E-state index is 0.0622. The zero-order valence-corrected chi connectivity index (χ0v) is 11.4. The summed E-state index contributed by atoms with van der Waals surface area (Å²) < 4.78 is 1.62. The van der Waals surface area contributed by atoms with Gasteiger partial charge in [0.1, 0.15) is 5.75 Å². The van der Waals surface area contributed by atoms with Crippen molar-refractivity contribution in [1.82, 2.24) is 14.8 Å². The fraction of sp³-hybridized carbons (Fsp3) is 0.308. The molecule has 0 aliphatic heterocycles. The van der Waals surface area contributed by atoms with E-state index >= 15 is 0 Å². The summed E-state index contributed by atoms with van der Waals surface area (Å²) in [6.07, 6.45) is 1.97. The predicted molar refractivity (Wildman–Crippen MR) is 74.3 cm³/mol. The van der Waals surface area contributed by atoms with Crippen LogP contribution < -0.4 is 5.69 Å². The summed E-state index contributed by atoms with van der Waals surface area (Å²) in [5.74, 6) is 0.277. The summed E-state index contributed by atoms with van der Waals surface area (Å²) in [5, 5.41) is 16.1. The fourth-order valence-electron chi connectivity index (χ4n) is 1.91. The van der Waals surface area contributed by atoms with E-state index in [2.05, 4.69) is 10.2 Å². The molecule has 2 N–H and O–H groups in total. The van der Waals surface area contributed by atoms with Crippen LogP contribution in [0.2, 0.25) is 0 Å². The minimum Gasteiger partial charge on any atom is -0.508 e. The first-order chi connectivity index (χ1) is 9.65. The van der Waals surface area contributed by atoms with Gasteiger partial charge in [-0.1, -0.05) is 11.8 Å². The molecule has 1 aliphatic carbocycles. The lowest BCUT2D eigenvalue weighted by Crippen LogP contribution is -2.16. The number of benzene rings is 1. The van der Waals surface area contributed by atoms with E-state index in [0.29, 0.717) is 10.7 Å². The lowest BCUT2D eigenvalue weighted by molar-refractivity contribution is 0.102. The number of phenols is 1. The Kier molecular flexibility index (Phi) is 3.35. The Balaban J connectivity index is 1.69. The summed E-state index contributed by atoms with van der Waals surface area (Å²) in [6.45, 7) is 0. The first kappa shape index (κ1) is 13.0. The molecule has 1 aromatic heterocycles. The number of nitrogens with one attached hydrogen (secondary N) is 1. The molecule has 3 rings (SSSR count). The maximum atomic E-state index is 12.0. The lowest BCUT2D eigenvalue weighted by Gasteiger charge is -2.03. The molecule has 2 aromatic rings. The molecule has 104 valence electrons. The molecule has 1 aliphatic rings. The lowest BCUT2D eigenvalue weighted by atomic mass is 10.1. The normalized spacial score (nSPS) is 14.4. The molecule has 6 nitrogen and oxygen atoms in total. The second kappa shape index (κ2) is 5.16. The number of thioether (sulfide) groups is 1.